The number of aromatic nitrogens is 2. The molecule has 5 heteroatoms. The van der Waals surface area contributed by atoms with Crippen LogP contribution >= 0.6 is 0 Å². The molecule has 0 spiro atoms. The van der Waals surface area contributed by atoms with Gasteiger partial charge in [0.2, 0.25) is 0 Å². The minimum atomic E-state index is -0.0642. The van der Waals surface area contributed by atoms with Crippen LogP contribution in [-0.2, 0) is 0 Å². The number of nitrogens with zero attached hydrogens (tertiary/aromatic N) is 1. The van der Waals surface area contributed by atoms with Crippen molar-refractivity contribution in [1.29, 1.82) is 0 Å². The summed E-state index contributed by atoms with van der Waals surface area (Å²) in [5.74, 6) is 2.50. The van der Waals surface area contributed by atoms with Crippen LogP contribution in [-0.4, -0.2) is 30.1 Å². The van der Waals surface area contributed by atoms with Crippen LogP contribution < -0.4 is 16.2 Å². The highest BCUT2D eigenvalue weighted by atomic mass is 16.1. The van der Waals surface area contributed by atoms with E-state index in [9.17, 15) is 4.79 Å². The molecule has 1 aromatic rings. The van der Waals surface area contributed by atoms with Gasteiger partial charge in [-0.3, -0.25) is 4.79 Å². The second kappa shape index (κ2) is 5.31. The Bertz CT molecular complexity index is 425. The minimum absolute atomic E-state index is 0.0642. The third-order valence-electron chi connectivity index (χ3n) is 2.91. The summed E-state index contributed by atoms with van der Waals surface area (Å²) in [4.78, 5) is 18.7. The molecule has 0 saturated heterocycles. The fraction of sp³-hybridized carbons (Fsp3) is 0.667. The third kappa shape index (κ3) is 3.56. The van der Waals surface area contributed by atoms with Gasteiger partial charge in [-0.1, -0.05) is 6.92 Å². The lowest BCUT2D eigenvalue weighted by Crippen LogP contribution is -2.24. The van der Waals surface area contributed by atoms with Crippen molar-refractivity contribution in [3.63, 3.8) is 0 Å². The number of hydrogen-bond acceptors (Lipinski definition) is 4. The van der Waals surface area contributed by atoms with E-state index in [1.54, 1.807) is 0 Å². The van der Waals surface area contributed by atoms with Crippen LogP contribution in [0.2, 0.25) is 0 Å². The maximum absolute atomic E-state index is 11.5. The molecule has 0 radical (unpaired) electrons. The van der Waals surface area contributed by atoms with Gasteiger partial charge >= 0.3 is 0 Å². The molecule has 0 aliphatic heterocycles. The van der Waals surface area contributed by atoms with Crippen LogP contribution in [0.4, 0.5) is 5.82 Å². The van der Waals surface area contributed by atoms with Crippen LogP contribution in [0.25, 0.3) is 0 Å². The van der Waals surface area contributed by atoms with E-state index in [4.69, 9.17) is 0 Å². The maximum Gasteiger partial charge on any atom is 0.252 e. The Morgan fingerprint density at radius 2 is 2.29 bits per heavy atom. The van der Waals surface area contributed by atoms with Gasteiger partial charge in [0.05, 0.1) is 0 Å². The second-order valence-corrected chi connectivity index (χ2v) is 4.83. The Hall–Kier alpha value is -1.36. The molecule has 1 aliphatic rings. The summed E-state index contributed by atoms with van der Waals surface area (Å²) < 4.78 is 0. The van der Waals surface area contributed by atoms with Crippen molar-refractivity contribution in [2.75, 3.05) is 25.5 Å². The van der Waals surface area contributed by atoms with Crippen LogP contribution in [0, 0.1) is 5.92 Å². The summed E-state index contributed by atoms with van der Waals surface area (Å²) in [6, 6.07) is 1.53. The molecule has 0 aromatic carbocycles. The first-order valence-corrected chi connectivity index (χ1v) is 6.18. The molecule has 0 amide bonds. The minimum Gasteiger partial charge on any atom is -0.370 e. The van der Waals surface area contributed by atoms with Gasteiger partial charge in [0.25, 0.3) is 5.56 Å². The predicted molar refractivity (Wildman–Crippen MR) is 68.4 cm³/mol. The molecule has 3 N–H and O–H groups in total. The van der Waals surface area contributed by atoms with Crippen LogP contribution in [0.15, 0.2) is 10.9 Å². The number of nitrogens with one attached hydrogen (secondary N) is 3. The Morgan fingerprint density at radius 3 is 2.94 bits per heavy atom. The molecule has 94 valence electrons. The summed E-state index contributed by atoms with van der Waals surface area (Å²) in [6.07, 6.45) is 2.28. The number of rotatable bonds is 6. The summed E-state index contributed by atoms with van der Waals surface area (Å²) in [5, 5.41) is 6.35. The smallest absolute Gasteiger partial charge is 0.252 e. The molecular formula is C12H20N4O. The number of H-pyrrole nitrogens is 1. The van der Waals surface area contributed by atoms with Gasteiger partial charge in [0, 0.05) is 18.5 Å². The van der Waals surface area contributed by atoms with Crippen molar-refractivity contribution in [1.82, 2.24) is 15.3 Å². The van der Waals surface area contributed by atoms with E-state index in [2.05, 4.69) is 27.5 Å². The quantitative estimate of drug-likeness (QED) is 0.687. The number of anilines is 1. The summed E-state index contributed by atoms with van der Waals surface area (Å²) in [6.45, 7) is 3.92. The molecule has 1 unspecified atom stereocenters. The molecule has 1 heterocycles. The molecule has 1 atom stereocenters. The standard InChI is InChI=1S/C12H20N4O/c1-8(6-13-2)7-14-10-5-11(17)16-12(15-10)9-3-4-9/h5,8-9,13H,3-4,6-7H2,1-2H3,(H2,14,15,16,17). The predicted octanol–water partition coefficient (Wildman–Crippen LogP) is 0.915. The van der Waals surface area contributed by atoms with Gasteiger partial charge in [-0.05, 0) is 32.4 Å². The maximum atomic E-state index is 11.5. The highest BCUT2D eigenvalue weighted by Gasteiger charge is 2.26. The third-order valence-corrected chi connectivity index (χ3v) is 2.91. The van der Waals surface area contributed by atoms with E-state index in [0.717, 1.165) is 31.8 Å². The fourth-order valence-corrected chi connectivity index (χ4v) is 1.82. The molecule has 1 aromatic heterocycles. The summed E-state index contributed by atoms with van der Waals surface area (Å²) >= 11 is 0. The van der Waals surface area contributed by atoms with Gasteiger partial charge < -0.3 is 15.6 Å². The average Bonchev–Trinajstić information content (AvgIpc) is 3.10. The van der Waals surface area contributed by atoms with Gasteiger partial charge in [-0.15, -0.1) is 0 Å². The molecule has 1 fully saturated rings. The van der Waals surface area contributed by atoms with Crippen molar-refractivity contribution in [2.24, 2.45) is 5.92 Å². The Balaban J connectivity index is 1.97. The first-order chi connectivity index (χ1) is 8.19. The average molecular weight is 236 g/mol. The Morgan fingerprint density at radius 1 is 1.53 bits per heavy atom. The van der Waals surface area contributed by atoms with Crippen molar-refractivity contribution in [3.05, 3.63) is 22.2 Å². The molecule has 1 aliphatic carbocycles. The van der Waals surface area contributed by atoms with E-state index in [1.807, 2.05) is 7.05 Å². The largest absolute Gasteiger partial charge is 0.370 e. The Kier molecular flexibility index (Phi) is 3.78. The van der Waals surface area contributed by atoms with Gasteiger partial charge in [0.1, 0.15) is 11.6 Å². The Labute approximate surface area is 101 Å². The normalized spacial score (nSPS) is 16.8. The van der Waals surface area contributed by atoms with Crippen LogP contribution in [0.5, 0.6) is 0 Å². The van der Waals surface area contributed by atoms with Crippen molar-refractivity contribution in [3.8, 4) is 0 Å². The lowest BCUT2D eigenvalue weighted by molar-refractivity contribution is 0.568. The molecule has 0 bridgehead atoms. The first kappa shape index (κ1) is 12.1. The van der Waals surface area contributed by atoms with E-state index in [0.29, 0.717) is 17.7 Å². The number of aromatic amines is 1. The molecule has 5 nitrogen and oxygen atoms in total. The van der Waals surface area contributed by atoms with E-state index in [1.165, 1.54) is 6.07 Å². The van der Waals surface area contributed by atoms with Gasteiger partial charge in [0.15, 0.2) is 0 Å². The topological polar surface area (TPSA) is 69.8 Å². The monoisotopic (exact) mass is 236 g/mol. The lowest BCUT2D eigenvalue weighted by Gasteiger charge is -2.12. The SMILES string of the molecule is CNCC(C)CNc1cc(=O)[nH]c(C2CC2)n1. The first-order valence-electron chi connectivity index (χ1n) is 6.18. The highest BCUT2D eigenvalue weighted by molar-refractivity contribution is 5.33. The lowest BCUT2D eigenvalue weighted by atomic mass is 10.2. The summed E-state index contributed by atoms with van der Waals surface area (Å²) in [7, 11) is 1.94. The van der Waals surface area contributed by atoms with Crippen molar-refractivity contribution in [2.45, 2.75) is 25.7 Å². The van der Waals surface area contributed by atoms with Crippen molar-refractivity contribution < 1.29 is 0 Å². The zero-order valence-corrected chi connectivity index (χ0v) is 10.4. The van der Waals surface area contributed by atoms with E-state index >= 15 is 0 Å². The molecule has 17 heavy (non-hydrogen) atoms. The second-order valence-electron chi connectivity index (χ2n) is 4.83. The van der Waals surface area contributed by atoms with Crippen LogP contribution in [0.3, 0.4) is 0 Å². The van der Waals surface area contributed by atoms with Crippen LogP contribution in [0.1, 0.15) is 31.5 Å². The van der Waals surface area contributed by atoms with E-state index < -0.39 is 0 Å². The highest BCUT2D eigenvalue weighted by Crippen LogP contribution is 2.37. The van der Waals surface area contributed by atoms with Gasteiger partial charge in [-0.2, -0.15) is 0 Å². The molecule has 2 rings (SSSR count). The molecule has 1 saturated carbocycles. The zero-order chi connectivity index (χ0) is 12.3. The van der Waals surface area contributed by atoms with E-state index in [-0.39, 0.29) is 5.56 Å². The van der Waals surface area contributed by atoms with Crippen molar-refractivity contribution >= 4 is 5.82 Å². The molecular weight excluding hydrogens is 216 g/mol. The fourth-order valence-electron chi connectivity index (χ4n) is 1.82. The van der Waals surface area contributed by atoms with Gasteiger partial charge in [-0.25, -0.2) is 4.98 Å². The summed E-state index contributed by atoms with van der Waals surface area (Å²) in [5.41, 5.74) is -0.0642. The number of hydrogen-bond donors (Lipinski definition) is 3. The zero-order valence-electron chi connectivity index (χ0n) is 10.4.